The highest BCUT2D eigenvalue weighted by molar-refractivity contribution is 5.92. The van der Waals surface area contributed by atoms with E-state index in [0.717, 1.165) is 39.5 Å². The van der Waals surface area contributed by atoms with Crippen LogP contribution in [0, 0.1) is 6.92 Å². The maximum absolute atomic E-state index is 9.77. The summed E-state index contributed by atoms with van der Waals surface area (Å²) < 4.78 is 7.15. The summed E-state index contributed by atoms with van der Waals surface area (Å²) in [5, 5.41) is 10.7. The Kier molecular flexibility index (Phi) is 5.18. The number of aryl methyl sites for hydroxylation is 1. The zero-order chi connectivity index (χ0) is 19.7. The number of hydrogen-bond donors (Lipinski definition) is 1. The van der Waals surface area contributed by atoms with E-state index in [4.69, 9.17) is 9.57 Å². The van der Waals surface area contributed by atoms with Crippen molar-refractivity contribution in [1.29, 1.82) is 0 Å². The van der Waals surface area contributed by atoms with Crippen LogP contribution in [0.5, 0.6) is 11.5 Å². The molecule has 0 radical (unpaired) electrons. The van der Waals surface area contributed by atoms with E-state index in [1.165, 1.54) is 25.9 Å². The quantitative estimate of drug-likeness (QED) is 0.735. The summed E-state index contributed by atoms with van der Waals surface area (Å²) >= 11 is 0. The molecule has 5 heteroatoms. The van der Waals surface area contributed by atoms with Crippen LogP contribution in [0.25, 0.3) is 22.2 Å². The maximum atomic E-state index is 9.77. The molecule has 0 amide bonds. The van der Waals surface area contributed by atoms with Gasteiger partial charge in [-0.3, -0.25) is 0 Å². The van der Waals surface area contributed by atoms with Gasteiger partial charge in [-0.2, -0.15) is 4.73 Å². The molecule has 5 nitrogen and oxygen atoms in total. The molecule has 1 N–H and O–H groups in total. The Morgan fingerprint density at radius 2 is 1.86 bits per heavy atom. The molecule has 2 aliphatic heterocycles. The molecule has 0 saturated carbocycles. The van der Waals surface area contributed by atoms with E-state index in [-0.39, 0.29) is 5.75 Å². The Morgan fingerprint density at radius 3 is 2.43 bits per heavy atom. The average molecular weight is 380 g/mol. The van der Waals surface area contributed by atoms with Crippen molar-refractivity contribution in [3.05, 3.63) is 48.0 Å². The number of fused-ring (bicyclic) bond motifs is 2. The number of piperidine rings is 1. The molecule has 2 aliphatic rings. The third-order valence-electron chi connectivity index (χ3n) is 5.78. The van der Waals surface area contributed by atoms with Crippen molar-refractivity contribution in [3.63, 3.8) is 0 Å². The third kappa shape index (κ3) is 3.31. The minimum atomic E-state index is 0.251. The Bertz CT molecular complexity index is 961. The number of phenolic OH excluding ortho intramolecular Hbond substituents is 1. The van der Waals surface area contributed by atoms with Crippen LogP contribution in [0.3, 0.4) is 0 Å². The fourth-order valence-electron chi connectivity index (χ4n) is 4.01. The van der Waals surface area contributed by atoms with E-state index in [2.05, 4.69) is 4.90 Å². The monoisotopic (exact) mass is 380 g/mol. The fraction of sp³-hybridized carbons (Fsp3) is 0.391. The van der Waals surface area contributed by atoms with Crippen molar-refractivity contribution in [3.8, 4) is 22.8 Å². The second kappa shape index (κ2) is 7.76. The first-order valence-corrected chi connectivity index (χ1v) is 9.98. The number of aromatic nitrogens is 1. The molecule has 3 heterocycles. The summed E-state index contributed by atoms with van der Waals surface area (Å²) in [5.74, 6) is 1.05. The first-order valence-electron chi connectivity index (χ1n) is 9.98. The highest BCUT2D eigenvalue weighted by Crippen LogP contribution is 2.35. The van der Waals surface area contributed by atoms with Gasteiger partial charge in [-0.1, -0.05) is 12.1 Å². The van der Waals surface area contributed by atoms with Gasteiger partial charge in [0.2, 0.25) is 0 Å². The van der Waals surface area contributed by atoms with Gasteiger partial charge in [0.15, 0.2) is 0 Å². The summed E-state index contributed by atoms with van der Waals surface area (Å²) in [7, 11) is 1.65. The van der Waals surface area contributed by atoms with Crippen molar-refractivity contribution in [1.82, 2.24) is 9.63 Å². The summed E-state index contributed by atoms with van der Waals surface area (Å²) in [6.07, 6.45) is 2.97. The topological polar surface area (TPSA) is 46.9 Å². The molecule has 2 aromatic carbocycles. The number of aromatic hydroxyl groups is 1. The van der Waals surface area contributed by atoms with Gasteiger partial charge in [0.25, 0.3) is 0 Å². The molecule has 0 unspecified atom stereocenters. The SMILES string of the molecule is C1CN2CCC12.CCOn1c(-c2cccc(OC)c2)c(C)c2cc(O)ccc21. The molecule has 0 atom stereocenters. The van der Waals surface area contributed by atoms with Crippen molar-refractivity contribution in [2.75, 3.05) is 26.8 Å². The summed E-state index contributed by atoms with van der Waals surface area (Å²) in [6.45, 7) is 7.33. The lowest BCUT2D eigenvalue weighted by molar-refractivity contribution is -0.00222. The molecule has 28 heavy (non-hydrogen) atoms. The van der Waals surface area contributed by atoms with Crippen molar-refractivity contribution in [2.45, 2.75) is 32.7 Å². The van der Waals surface area contributed by atoms with Crippen molar-refractivity contribution < 1.29 is 14.7 Å². The number of methoxy groups -OCH3 is 1. The highest BCUT2D eigenvalue weighted by Gasteiger charge is 2.34. The second-order valence-corrected chi connectivity index (χ2v) is 7.39. The number of phenols is 1. The molecule has 0 spiro atoms. The van der Waals surface area contributed by atoms with E-state index in [9.17, 15) is 5.11 Å². The molecule has 3 aromatic rings. The zero-order valence-electron chi connectivity index (χ0n) is 16.8. The second-order valence-electron chi connectivity index (χ2n) is 7.39. The third-order valence-corrected chi connectivity index (χ3v) is 5.78. The Hall–Kier alpha value is -2.66. The Balaban J connectivity index is 0.000000268. The van der Waals surface area contributed by atoms with Gasteiger partial charge in [-0.15, -0.1) is 0 Å². The van der Waals surface area contributed by atoms with Gasteiger partial charge in [0.05, 0.1) is 18.3 Å². The van der Waals surface area contributed by atoms with E-state index >= 15 is 0 Å². The van der Waals surface area contributed by atoms with Crippen LogP contribution in [0.1, 0.15) is 25.3 Å². The molecule has 5 rings (SSSR count). The minimum Gasteiger partial charge on any atom is -0.508 e. The van der Waals surface area contributed by atoms with E-state index < -0.39 is 0 Å². The smallest absolute Gasteiger partial charge is 0.119 e. The number of ether oxygens (including phenoxy) is 1. The number of hydrogen-bond acceptors (Lipinski definition) is 4. The number of rotatable bonds is 4. The van der Waals surface area contributed by atoms with Crippen LogP contribution in [-0.2, 0) is 0 Å². The van der Waals surface area contributed by atoms with E-state index in [0.29, 0.717) is 6.61 Å². The maximum Gasteiger partial charge on any atom is 0.119 e. The Labute approximate surface area is 166 Å². The van der Waals surface area contributed by atoms with Gasteiger partial charge < -0.3 is 19.6 Å². The normalized spacial score (nSPS) is 15.8. The summed E-state index contributed by atoms with van der Waals surface area (Å²) in [4.78, 5) is 8.36. The van der Waals surface area contributed by atoms with E-state index in [1.807, 2.05) is 48.9 Å². The lowest BCUT2D eigenvalue weighted by atomic mass is 9.91. The number of benzene rings is 2. The van der Waals surface area contributed by atoms with Crippen LogP contribution in [-0.4, -0.2) is 47.6 Å². The molecule has 0 aliphatic carbocycles. The van der Waals surface area contributed by atoms with Gasteiger partial charge in [-0.25, -0.2) is 0 Å². The average Bonchev–Trinajstić information content (AvgIpc) is 2.97. The molecule has 148 valence electrons. The van der Waals surface area contributed by atoms with Crippen molar-refractivity contribution >= 4 is 10.9 Å². The van der Waals surface area contributed by atoms with Crippen LogP contribution in [0.4, 0.5) is 0 Å². The fourth-order valence-corrected chi connectivity index (χ4v) is 4.01. The van der Waals surface area contributed by atoms with E-state index in [1.54, 1.807) is 19.2 Å². The van der Waals surface area contributed by atoms with Gasteiger partial charge in [-0.05, 0) is 75.7 Å². The first-order chi connectivity index (χ1) is 13.6. The standard InChI is InChI=1S/C18H19NO3.C5H9N/c1-4-22-19-17-9-8-14(20)11-16(17)12(2)18(19)13-6-5-7-15(10-13)21-3;1-3-6-4-2-5(1)6/h5-11,20H,4H2,1-3H3;5H,1-4H2. The van der Waals surface area contributed by atoms with Gasteiger partial charge in [0.1, 0.15) is 18.1 Å². The lowest BCUT2D eigenvalue weighted by Gasteiger charge is -2.50. The summed E-state index contributed by atoms with van der Waals surface area (Å²) in [6, 6.07) is 14.2. The lowest BCUT2D eigenvalue weighted by Crippen LogP contribution is -2.57. The Morgan fingerprint density at radius 1 is 1.11 bits per heavy atom. The highest BCUT2D eigenvalue weighted by atomic mass is 16.7. The van der Waals surface area contributed by atoms with Crippen molar-refractivity contribution in [2.24, 2.45) is 0 Å². The summed E-state index contributed by atoms with van der Waals surface area (Å²) in [5.41, 5.74) is 3.99. The zero-order valence-corrected chi connectivity index (χ0v) is 16.8. The van der Waals surface area contributed by atoms with Crippen LogP contribution < -0.4 is 9.57 Å². The molecule has 0 bridgehead atoms. The molecule has 1 aromatic heterocycles. The number of nitrogens with zero attached hydrogens (tertiary/aromatic N) is 2. The molecule has 2 saturated heterocycles. The van der Waals surface area contributed by atoms with Gasteiger partial charge in [0, 0.05) is 17.0 Å². The largest absolute Gasteiger partial charge is 0.508 e. The predicted molar refractivity (Wildman–Crippen MR) is 112 cm³/mol. The first kappa shape index (κ1) is 18.7. The van der Waals surface area contributed by atoms with Gasteiger partial charge >= 0.3 is 0 Å². The predicted octanol–water partition coefficient (Wildman–Crippen LogP) is 4.24. The molecular formula is C23H28N2O3. The minimum absolute atomic E-state index is 0.251. The van der Waals surface area contributed by atoms with Crippen LogP contribution in [0.15, 0.2) is 42.5 Å². The van der Waals surface area contributed by atoms with Crippen LogP contribution >= 0.6 is 0 Å². The molecule has 2 fully saturated rings. The molecular weight excluding hydrogens is 352 g/mol. The van der Waals surface area contributed by atoms with Crippen LogP contribution in [0.2, 0.25) is 0 Å².